The van der Waals surface area contributed by atoms with E-state index in [1.807, 2.05) is 30.3 Å². The van der Waals surface area contributed by atoms with Gasteiger partial charge in [-0.1, -0.05) is 12.1 Å². The first-order chi connectivity index (χ1) is 16.0. The van der Waals surface area contributed by atoms with Crippen LogP contribution in [0.4, 0.5) is 27.7 Å². The van der Waals surface area contributed by atoms with Crippen LogP contribution in [0.3, 0.4) is 0 Å². The average Bonchev–Trinajstić information content (AvgIpc) is 2.82. The highest BCUT2D eigenvalue weighted by Gasteiger charge is 2.31. The lowest BCUT2D eigenvalue weighted by molar-refractivity contribution is 0.251. The molecule has 1 aliphatic rings. The summed E-state index contributed by atoms with van der Waals surface area (Å²) in [6.45, 7) is 1.50. The number of amides is 2. The number of nitrogen functional groups attached to an aromatic ring is 1. The van der Waals surface area contributed by atoms with E-state index in [0.717, 1.165) is 17.7 Å². The summed E-state index contributed by atoms with van der Waals surface area (Å²) in [5.74, 6) is 1.70. The molecule has 2 amide bonds. The molecule has 4 rings (SSSR count). The Kier molecular flexibility index (Phi) is 6.69. The molecule has 3 N–H and O–H groups in total. The highest BCUT2D eigenvalue weighted by Crippen LogP contribution is 2.34. The molecule has 0 bridgehead atoms. The summed E-state index contributed by atoms with van der Waals surface area (Å²) in [6.07, 6.45) is 2.39. The Bertz CT molecular complexity index is 1160. The molecule has 0 saturated heterocycles. The molecule has 1 aromatic heterocycles. The molecular formula is C23H25ClN6O3. The Morgan fingerprint density at radius 3 is 2.79 bits per heavy atom. The van der Waals surface area contributed by atoms with Crippen molar-refractivity contribution in [1.82, 2.24) is 9.97 Å². The number of benzene rings is 2. The van der Waals surface area contributed by atoms with Crippen molar-refractivity contribution in [2.75, 3.05) is 48.2 Å². The molecule has 3 aromatic rings. The number of halogens is 1. The fraction of sp³-hybridized carbons (Fsp3) is 0.261. The number of aromatic nitrogens is 2. The van der Waals surface area contributed by atoms with Crippen molar-refractivity contribution in [3.8, 4) is 11.5 Å². The molecule has 0 spiro atoms. The van der Waals surface area contributed by atoms with Gasteiger partial charge in [0, 0.05) is 43.6 Å². The third kappa shape index (κ3) is 5.04. The summed E-state index contributed by atoms with van der Waals surface area (Å²) in [7, 11) is 3.23. The van der Waals surface area contributed by atoms with Gasteiger partial charge in [0.25, 0.3) is 0 Å². The molecule has 2 aromatic carbocycles. The number of fused-ring (bicyclic) bond motifs is 1. The summed E-state index contributed by atoms with van der Waals surface area (Å²) in [5.41, 5.74) is 9.00. The Balaban J connectivity index is 1.44. The van der Waals surface area contributed by atoms with Crippen molar-refractivity contribution < 1.29 is 14.3 Å². The molecule has 10 heteroatoms. The highest BCUT2D eigenvalue weighted by molar-refractivity contribution is 6.28. The third-order valence-corrected chi connectivity index (χ3v) is 5.44. The smallest absolute Gasteiger partial charge is 0.330 e. The van der Waals surface area contributed by atoms with Gasteiger partial charge >= 0.3 is 6.03 Å². The Morgan fingerprint density at radius 2 is 2.00 bits per heavy atom. The van der Waals surface area contributed by atoms with E-state index in [1.54, 1.807) is 37.4 Å². The third-order valence-electron chi connectivity index (χ3n) is 5.25. The van der Waals surface area contributed by atoms with E-state index in [0.29, 0.717) is 48.4 Å². The van der Waals surface area contributed by atoms with Crippen LogP contribution in [-0.2, 0) is 6.54 Å². The lowest BCUT2D eigenvalue weighted by atomic mass is 10.2. The zero-order valence-corrected chi connectivity index (χ0v) is 19.2. The van der Waals surface area contributed by atoms with Crippen LogP contribution in [0.15, 0.2) is 48.7 Å². The molecule has 9 nitrogen and oxygen atoms in total. The van der Waals surface area contributed by atoms with Gasteiger partial charge in [0.2, 0.25) is 5.28 Å². The van der Waals surface area contributed by atoms with Crippen LogP contribution >= 0.6 is 11.6 Å². The minimum atomic E-state index is -0.235. The number of nitrogens with two attached hydrogens (primary N) is 1. The van der Waals surface area contributed by atoms with E-state index >= 15 is 0 Å². The number of nitrogens with zero attached hydrogens (tertiary/aromatic N) is 4. The minimum absolute atomic E-state index is 0.100. The average molecular weight is 469 g/mol. The number of hydrogen-bond acceptors (Lipinski definition) is 7. The van der Waals surface area contributed by atoms with Crippen molar-refractivity contribution in [1.29, 1.82) is 0 Å². The van der Waals surface area contributed by atoms with E-state index in [-0.39, 0.29) is 11.3 Å². The molecule has 0 unspecified atom stereocenters. The van der Waals surface area contributed by atoms with Gasteiger partial charge in [-0.05, 0) is 30.2 Å². The van der Waals surface area contributed by atoms with Crippen LogP contribution < -0.4 is 30.3 Å². The summed E-state index contributed by atoms with van der Waals surface area (Å²) < 4.78 is 11.4. The van der Waals surface area contributed by atoms with Gasteiger partial charge in [-0.25, -0.2) is 9.78 Å². The maximum Gasteiger partial charge on any atom is 0.330 e. The first-order valence-electron chi connectivity index (χ1n) is 10.4. The van der Waals surface area contributed by atoms with E-state index < -0.39 is 0 Å². The first kappa shape index (κ1) is 22.5. The van der Waals surface area contributed by atoms with Gasteiger partial charge in [-0.3, -0.25) is 9.80 Å². The first-order valence-corrected chi connectivity index (χ1v) is 10.8. The number of rotatable bonds is 8. The monoisotopic (exact) mass is 468 g/mol. The van der Waals surface area contributed by atoms with Gasteiger partial charge in [0.1, 0.15) is 17.3 Å². The summed E-state index contributed by atoms with van der Waals surface area (Å²) in [4.78, 5) is 24.3. The van der Waals surface area contributed by atoms with E-state index in [9.17, 15) is 4.79 Å². The van der Waals surface area contributed by atoms with Gasteiger partial charge in [0.05, 0.1) is 37.3 Å². The standard InChI is InChI=1S/C23H25ClN6O3/c1-29-21-15(13-27-22(24)28-21)14-30(23(29)31)16-10-17(32-2)12-18(11-16)33-9-5-8-26-20-7-4-3-6-19(20)25/h3-4,6-7,10-13,26H,5,8-9,14,25H2,1-2H3. The zero-order chi connectivity index (χ0) is 23.4. The van der Waals surface area contributed by atoms with Crippen LogP contribution in [-0.4, -0.2) is 43.3 Å². The van der Waals surface area contributed by atoms with Gasteiger partial charge < -0.3 is 20.5 Å². The zero-order valence-electron chi connectivity index (χ0n) is 18.4. The molecule has 0 fully saturated rings. The molecule has 2 heterocycles. The number of carbonyl (C=O) groups is 1. The largest absolute Gasteiger partial charge is 0.497 e. The van der Waals surface area contributed by atoms with E-state index in [4.69, 9.17) is 26.8 Å². The Hall–Kier alpha value is -3.72. The summed E-state index contributed by atoms with van der Waals surface area (Å²) in [5, 5.41) is 3.40. The molecule has 1 aliphatic heterocycles. The molecular weight excluding hydrogens is 444 g/mol. The Morgan fingerprint density at radius 1 is 1.21 bits per heavy atom. The number of methoxy groups -OCH3 is 1. The van der Waals surface area contributed by atoms with Crippen molar-refractivity contribution in [3.63, 3.8) is 0 Å². The quantitative estimate of drug-likeness (QED) is 0.290. The SMILES string of the molecule is COc1cc(OCCCNc2ccccc2N)cc(N2Cc3cnc(Cl)nc3N(C)C2=O)c1. The number of urea groups is 1. The van der Waals surface area contributed by atoms with Crippen molar-refractivity contribution in [3.05, 3.63) is 59.5 Å². The number of ether oxygens (including phenoxy) is 2. The van der Waals surface area contributed by atoms with E-state index in [2.05, 4.69) is 15.3 Å². The number of para-hydroxylation sites is 2. The number of carbonyl (C=O) groups excluding carboxylic acids is 1. The van der Waals surface area contributed by atoms with Crippen LogP contribution in [0, 0.1) is 0 Å². The van der Waals surface area contributed by atoms with Crippen LogP contribution in [0.2, 0.25) is 5.28 Å². The summed E-state index contributed by atoms with van der Waals surface area (Å²) >= 11 is 5.90. The van der Waals surface area contributed by atoms with Crippen molar-refractivity contribution >= 4 is 40.5 Å². The van der Waals surface area contributed by atoms with Gasteiger partial charge in [-0.15, -0.1) is 0 Å². The molecule has 172 valence electrons. The minimum Gasteiger partial charge on any atom is -0.497 e. The second-order valence-corrected chi connectivity index (χ2v) is 7.84. The summed E-state index contributed by atoms with van der Waals surface area (Å²) in [6, 6.07) is 12.8. The van der Waals surface area contributed by atoms with Crippen LogP contribution in [0.1, 0.15) is 12.0 Å². The second-order valence-electron chi connectivity index (χ2n) is 7.50. The lowest BCUT2D eigenvalue weighted by Gasteiger charge is -2.34. The molecule has 0 radical (unpaired) electrons. The highest BCUT2D eigenvalue weighted by atomic mass is 35.5. The van der Waals surface area contributed by atoms with E-state index in [1.165, 1.54) is 4.90 Å². The molecule has 33 heavy (non-hydrogen) atoms. The van der Waals surface area contributed by atoms with Crippen LogP contribution in [0.5, 0.6) is 11.5 Å². The number of hydrogen-bond donors (Lipinski definition) is 2. The predicted molar refractivity (Wildman–Crippen MR) is 129 cm³/mol. The predicted octanol–water partition coefficient (Wildman–Crippen LogP) is 4.18. The molecule has 0 saturated carbocycles. The molecule has 0 aliphatic carbocycles. The maximum atomic E-state index is 13.0. The van der Waals surface area contributed by atoms with Crippen molar-refractivity contribution in [2.24, 2.45) is 0 Å². The normalized spacial score (nSPS) is 13.0. The van der Waals surface area contributed by atoms with Crippen molar-refractivity contribution in [2.45, 2.75) is 13.0 Å². The fourth-order valence-corrected chi connectivity index (χ4v) is 3.68. The number of nitrogens with one attached hydrogen (secondary N) is 1. The van der Waals surface area contributed by atoms with Gasteiger partial charge in [0.15, 0.2) is 0 Å². The second kappa shape index (κ2) is 9.83. The maximum absolute atomic E-state index is 13.0. The van der Waals surface area contributed by atoms with Gasteiger partial charge in [-0.2, -0.15) is 4.98 Å². The lowest BCUT2D eigenvalue weighted by Crippen LogP contribution is -2.45. The molecule has 0 atom stereocenters. The number of anilines is 4. The Labute approximate surface area is 197 Å². The topological polar surface area (TPSA) is 106 Å². The fourth-order valence-electron chi connectivity index (χ4n) is 3.55. The van der Waals surface area contributed by atoms with Crippen LogP contribution in [0.25, 0.3) is 0 Å².